The molecule has 2 aromatic carbocycles. The van der Waals surface area contributed by atoms with Crippen molar-refractivity contribution in [3.05, 3.63) is 82.7 Å². The number of carbonyl (C=O) groups excluding carboxylic acids is 1. The molecule has 0 spiro atoms. The highest BCUT2D eigenvalue weighted by Crippen LogP contribution is 2.32. The fourth-order valence-electron chi connectivity index (χ4n) is 3.54. The first-order valence-corrected chi connectivity index (χ1v) is 9.59. The molecule has 0 saturated carbocycles. The Bertz CT molecular complexity index is 1170. The minimum atomic E-state index is -0.417. The van der Waals surface area contributed by atoms with E-state index in [0.717, 1.165) is 28.2 Å². The predicted molar refractivity (Wildman–Crippen MR) is 113 cm³/mol. The van der Waals surface area contributed by atoms with Crippen LogP contribution in [0.2, 0.25) is 0 Å². The Balaban J connectivity index is 1.52. The number of benzene rings is 2. The lowest BCUT2D eigenvalue weighted by molar-refractivity contribution is -0.117. The van der Waals surface area contributed by atoms with Gasteiger partial charge in [-0.3, -0.25) is 4.79 Å². The highest BCUT2D eigenvalue weighted by Gasteiger charge is 2.16. The van der Waals surface area contributed by atoms with E-state index in [2.05, 4.69) is 9.88 Å². The number of para-hydroxylation sites is 1. The number of nitrogens with zero attached hydrogens (tertiary/aromatic N) is 2. The molecule has 0 fully saturated rings. The van der Waals surface area contributed by atoms with Crippen LogP contribution in [0.3, 0.4) is 0 Å². The van der Waals surface area contributed by atoms with Gasteiger partial charge >= 0.3 is 0 Å². The van der Waals surface area contributed by atoms with E-state index in [1.165, 1.54) is 0 Å². The van der Waals surface area contributed by atoms with Crippen LogP contribution in [0.4, 0.5) is 0 Å². The van der Waals surface area contributed by atoms with Crippen molar-refractivity contribution in [2.24, 2.45) is 0 Å². The quantitative estimate of drug-likeness (QED) is 0.519. The number of nitrogens with one attached hydrogen (secondary N) is 1. The average molecular weight is 399 g/mol. The number of amides is 1. The summed E-state index contributed by atoms with van der Waals surface area (Å²) in [5, 5.41) is 12.3. The minimum Gasteiger partial charge on any atom is -0.454 e. The van der Waals surface area contributed by atoms with Crippen LogP contribution < -0.4 is 14.8 Å². The van der Waals surface area contributed by atoms with Gasteiger partial charge in [-0.1, -0.05) is 24.3 Å². The number of hydrogen-bond donors (Lipinski definition) is 1. The second-order valence-electron chi connectivity index (χ2n) is 7.04. The first-order chi connectivity index (χ1) is 14.6. The van der Waals surface area contributed by atoms with Crippen molar-refractivity contribution in [3.63, 3.8) is 0 Å². The Morgan fingerprint density at radius 1 is 1.13 bits per heavy atom. The molecule has 1 aliphatic heterocycles. The molecular formula is C24H21N3O3. The van der Waals surface area contributed by atoms with E-state index >= 15 is 0 Å². The van der Waals surface area contributed by atoms with E-state index in [0.29, 0.717) is 11.5 Å². The first-order valence-electron chi connectivity index (χ1n) is 9.59. The molecule has 0 saturated heterocycles. The van der Waals surface area contributed by atoms with Crippen LogP contribution >= 0.6 is 0 Å². The molecule has 1 N–H and O–H groups in total. The number of hydrogen-bond acceptors (Lipinski definition) is 4. The second-order valence-corrected chi connectivity index (χ2v) is 7.04. The number of carbonyl (C=O) groups is 1. The number of ether oxygens (including phenoxy) is 2. The molecule has 1 amide bonds. The van der Waals surface area contributed by atoms with Crippen LogP contribution in [-0.4, -0.2) is 17.3 Å². The maximum atomic E-state index is 12.6. The molecule has 0 aliphatic carbocycles. The largest absolute Gasteiger partial charge is 0.454 e. The van der Waals surface area contributed by atoms with Gasteiger partial charge in [-0.25, -0.2) is 0 Å². The van der Waals surface area contributed by atoms with Crippen LogP contribution in [0.1, 0.15) is 22.5 Å². The van der Waals surface area contributed by atoms with E-state index in [1.54, 1.807) is 6.08 Å². The standard InChI is InChI=1S/C24H21N3O3/c1-16-10-19(17(2)27(16)21-6-4-3-5-7-21)12-20(13-25)24(28)26-14-18-8-9-22-23(11-18)30-15-29-22/h3-12H,14-15H2,1-2H3,(H,26,28)/b20-12+. The summed E-state index contributed by atoms with van der Waals surface area (Å²) >= 11 is 0. The molecule has 0 atom stereocenters. The van der Waals surface area contributed by atoms with Crippen molar-refractivity contribution in [3.8, 4) is 23.3 Å². The first kappa shape index (κ1) is 19.3. The smallest absolute Gasteiger partial charge is 0.262 e. The summed E-state index contributed by atoms with van der Waals surface area (Å²) in [6.07, 6.45) is 1.64. The number of aryl methyl sites for hydroxylation is 1. The number of fused-ring (bicyclic) bond motifs is 1. The number of nitriles is 1. The van der Waals surface area contributed by atoms with Gasteiger partial charge in [-0.2, -0.15) is 5.26 Å². The van der Waals surface area contributed by atoms with Gasteiger partial charge in [0.15, 0.2) is 11.5 Å². The molecule has 0 radical (unpaired) electrons. The van der Waals surface area contributed by atoms with Crippen molar-refractivity contribution in [1.82, 2.24) is 9.88 Å². The Morgan fingerprint density at radius 3 is 2.67 bits per heavy atom. The number of aromatic nitrogens is 1. The Hall–Kier alpha value is -3.98. The molecule has 0 unspecified atom stereocenters. The highest BCUT2D eigenvalue weighted by molar-refractivity contribution is 6.01. The van der Waals surface area contributed by atoms with E-state index in [1.807, 2.05) is 74.5 Å². The molecule has 2 heterocycles. The lowest BCUT2D eigenvalue weighted by atomic mass is 10.1. The maximum Gasteiger partial charge on any atom is 0.262 e. The van der Waals surface area contributed by atoms with Gasteiger partial charge in [0.05, 0.1) is 0 Å². The normalized spacial score (nSPS) is 12.5. The average Bonchev–Trinajstić information content (AvgIpc) is 3.34. The number of rotatable bonds is 5. The molecule has 0 bridgehead atoms. The zero-order valence-electron chi connectivity index (χ0n) is 16.8. The summed E-state index contributed by atoms with van der Waals surface area (Å²) in [4.78, 5) is 12.6. The van der Waals surface area contributed by atoms with Gasteiger partial charge in [0.25, 0.3) is 5.91 Å². The monoisotopic (exact) mass is 399 g/mol. The van der Waals surface area contributed by atoms with Gasteiger partial charge in [0.1, 0.15) is 11.6 Å². The predicted octanol–water partition coefficient (Wildman–Crippen LogP) is 4.05. The van der Waals surface area contributed by atoms with E-state index in [9.17, 15) is 10.1 Å². The molecule has 1 aliphatic rings. The Labute approximate surface area is 175 Å². The van der Waals surface area contributed by atoms with E-state index < -0.39 is 5.91 Å². The van der Waals surface area contributed by atoms with Crippen LogP contribution in [0.5, 0.6) is 11.5 Å². The molecule has 6 nitrogen and oxygen atoms in total. The Kier molecular flexibility index (Phi) is 5.27. The van der Waals surface area contributed by atoms with Crippen molar-refractivity contribution < 1.29 is 14.3 Å². The van der Waals surface area contributed by atoms with Crippen molar-refractivity contribution in [1.29, 1.82) is 5.26 Å². The Morgan fingerprint density at radius 2 is 1.90 bits per heavy atom. The fraction of sp³-hybridized carbons (Fsp3) is 0.167. The van der Waals surface area contributed by atoms with Crippen LogP contribution in [0.25, 0.3) is 11.8 Å². The highest BCUT2D eigenvalue weighted by atomic mass is 16.7. The van der Waals surface area contributed by atoms with Gasteiger partial charge in [0.2, 0.25) is 6.79 Å². The van der Waals surface area contributed by atoms with Crippen LogP contribution in [0, 0.1) is 25.2 Å². The van der Waals surface area contributed by atoms with Crippen LogP contribution in [0.15, 0.2) is 60.2 Å². The molecule has 4 rings (SSSR count). The van der Waals surface area contributed by atoms with Crippen LogP contribution in [-0.2, 0) is 11.3 Å². The molecule has 1 aromatic heterocycles. The fourth-order valence-corrected chi connectivity index (χ4v) is 3.54. The molecule has 3 aromatic rings. The molecule has 30 heavy (non-hydrogen) atoms. The molecule has 6 heteroatoms. The SMILES string of the molecule is Cc1cc(/C=C(\C#N)C(=O)NCc2ccc3c(c2)OCO3)c(C)n1-c1ccccc1. The second kappa shape index (κ2) is 8.18. The zero-order valence-corrected chi connectivity index (χ0v) is 16.8. The summed E-state index contributed by atoms with van der Waals surface area (Å²) in [6.45, 7) is 4.47. The maximum absolute atomic E-state index is 12.6. The topological polar surface area (TPSA) is 76.3 Å². The summed E-state index contributed by atoms with van der Waals surface area (Å²) in [7, 11) is 0. The summed E-state index contributed by atoms with van der Waals surface area (Å²) in [5.41, 5.74) is 4.80. The van der Waals surface area contributed by atoms with Crippen molar-refractivity contribution in [2.45, 2.75) is 20.4 Å². The minimum absolute atomic E-state index is 0.0593. The lowest BCUT2D eigenvalue weighted by Gasteiger charge is -2.09. The lowest BCUT2D eigenvalue weighted by Crippen LogP contribution is -2.23. The zero-order chi connectivity index (χ0) is 21.1. The third-order valence-electron chi connectivity index (χ3n) is 5.04. The van der Waals surface area contributed by atoms with Gasteiger partial charge in [0, 0.05) is 23.6 Å². The third-order valence-corrected chi connectivity index (χ3v) is 5.04. The summed E-state index contributed by atoms with van der Waals surface area (Å²) in [5.74, 6) is 0.933. The van der Waals surface area contributed by atoms with Gasteiger partial charge in [-0.15, -0.1) is 0 Å². The van der Waals surface area contributed by atoms with Crippen molar-refractivity contribution in [2.75, 3.05) is 6.79 Å². The summed E-state index contributed by atoms with van der Waals surface area (Å²) in [6, 6.07) is 19.5. The van der Waals surface area contributed by atoms with Crippen molar-refractivity contribution >= 4 is 12.0 Å². The van der Waals surface area contributed by atoms with Gasteiger partial charge < -0.3 is 19.4 Å². The molecule has 150 valence electrons. The van der Waals surface area contributed by atoms with E-state index in [-0.39, 0.29) is 18.9 Å². The van der Waals surface area contributed by atoms with E-state index in [4.69, 9.17) is 9.47 Å². The molecular weight excluding hydrogens is 378 g/mol. The third kappa shape index (κ3) is 3.78. The summed E-state index contributed by atoms with van der Waals surface area (Å²) < 4.78 is 12.8. The van der Waals surface area contributed by atoms with Gasteiger partial charge in [-0.05, 0) is 61.4 Å².